The fraction of sp³-hybridized carbons (Fsp3) is 0.286. The standard InChI is InChI=1S/C14H14ClFN2O/c1-9(2)12-13(15)17-8-18-14(12)19-7-10-5-3-4-6-11(10)16/h3-6,8-9H,7H2,1-2H3. The lowest BCUT2D eigenvalue weighted by molar-refractivity contribution is 0.283. The third kappa shape index (κ3) is 3.20. The van der Waals surface area contributed by atoms with Gasteiger partial charge in [-0.05, 0) is 12.0 Å². The minimum Gasteiger partial charge on any atom is -0.472 e. The first-order chi connectivity index (χ1) is 9.09. The van der Waals surface area contributed by atoms with Crippen molar-refractivity contribution in [1.29, 1.82) is 0 Å². The van der Waals surface area contributed by atoms with Crippen molar-refractivity contribution in [1.82, 2.24) is 9.97 Å². The number of hydrogen-bond donors (Lipinski definition) is 0. The van der Waals surface area contributed by atoms with Crippen LogP contribution in [0.3, 0.4) is 0 Å². The molecule has 1 aromatic carbocycles. The quantitative estimate of drug-likeness (QED) is 0.795. The molecule has 100 valence electrons. The molecule has 3 nitrogen and oxygen atoms in total. The number of nitrogens with zero attached hydrogens (tertiary/aromatic N) is 2. The molecule has 19 heavy (non-hydrogen) atoms. The molecule has 2 aromatic rings. The third-order valence-corrected chi connectivity index (χ3v) is 3.00. The van der Waals surface area contributed by atoms with E-state index >= 15 is 0 Å². The van der Waals surface area contributed by atoms with Gasteiger partial charge in [-0.2, -0.15) is 0 Å². The Kier molecular flexibility index (Phi) is 4.32. The molecule has 0 fully saturated rings. The molecule has 0 aliphatic heterocycles. The van der Waals surface area contributed by atoms with Crippen LogP contribution in [0.4, 0.5) is 4.39 Å². The Morgan fingerprint density at radius 3 is 2.68 bits per heavy atom. The van der Waals surface area contributed by atoms with Gasteiger partial charge in [-0.15, -0.1) is 0 Å². The Balaban J connectivity index is 2.21. The van der Waals surface area contributed by atoms with Crippen LogP contribution in [0.25, 0.3) is 0 Å². The van der Waals surface area contributed by atoms with E-state index < -0.39 is 0 Å². The summed E-state index contributed by atoms with van der Waals surface area (Å²) in [5.74, 6) is 0.233. The smallest absolute Gasteiger partial charge is 0.221 e. The van der Waals surface area contributed by atoms with Gasteiger partial charge in [0.15, 0.2) is 0 Å². The summed E-state index contributed by atoms with van der Waals surface area (Å²) in [5, 5.41) is 0.369. The number of rotatable bonds is 4. The molecule has 1 aromatic heterocycles. The highest BCUT2D eigenvalue weighted by Crippen LogP contribution is 2.30. The van der Waals surface area contributed by atoms with Gasteiger partial charge in [-0.3, -0.25) is 0 Å². The van der Waals surface area contributed by atoms with Gasteiger partial charge in [0.1, 0.15) is 23.9 Å². The van der Waals surface area contributed by atoms with E-state index in [-0.39, 0.29) is 18.3 Å². The maximum Gasteiger partial charge on any atom is 0.221 e. The number of halogens is 2. The fourth-order valence-electron chi connectivity index (χ4n) is 1.72. The summed E-state index contributed by atoms with van der Waals surface area (Å²) in [7, 11) is 0. The summed E-state index contributed by atoms with van der Waals surface area (Å²) in [6.07, 6.45) is 1.34. The van der Waals surface area contributed by atoms with E-state index in [4.69, 9.17) is 16.3 Å². The minimum atomic E-state index is -0.297. The molecule has 1 heterocycles. The first-order valence-electron chi connectivity index (χ1n) is 5.96. The van der Waals surface area contributed by atoms with Gasteiger partial charge < -0.3 is 4.74 Å². The zero-order chi connectivity index (χ0) is 13.8. The minimum absolute atomic E-state index is 0.111. The Hall–Kier alpha value is -1.68. The summed E-state index contributed by atoms with van der Waals surface area (Å²) in [6, 6.07) is 6.47. The lowest BCUT2D eigenvalue weighted by Gasteiger charge is -2.13. The van der Waals surface area contributed by atoms with Crippen LogP contribution >= 0.6 is 11.6 Å². The molecule has 0 bridgehead atoms. The molecule has 0 spiro atoms. The Morgan fingerprint density at radius 2 is 2.00 bits per heavy atom. The SMILES string of the molecule is CC(C)c1c(Cl)ncnc1OCc1ccccc1F. The molecular formula is C14H14ClFN2O. The highest BCUT2D eigenvalue weighted by Gasteiger charge is 2.15. The number of hydrogen-bond acceptors (Lipinski definition) is 3. The van der Waals surface area contributed by atoms with Gasteiger partial charge in [0.25, 0.3) is 0 Å². The molecular weight excluding hydrogens is 267 g/mol. The number of ether oxygens (including phenoxy) is 1. The van der Waals surface area contributed by atoms with Gasteiger partial charge in [0.05, 0.1) is 5.56 Å². The molecule has 0 radical (unpaired) electrons. The van der Waals surface area contributed by atoms with Crippen LogP contribution in [-0.2, 0) is 6.61 Å². The van der Waals surface area contributed by atoms with Crippen molar-refractivity contribution in [2.45, 2.75) is 26.4 Å². The first-order valence-corrected chi connectivity index (χ1v) is 6.34. The summed E-state index contributed by atoms with van der Waals surface area (Å²) in [4.78, 5) is 8.00. The second-order valence-electron chi connectivity index (χ2n) is 4.42. The normalized spacial score (nSPS) is 10.8. The van der Waals surface area contributed by atoms with Gasteiger partial charge in [0.2, 0.25) is 5.88 Å². The second kappa shape index (κ2) is 5.97. The molecule has 2 rings (SSSR count). The average Bonchev–Trinajstić information content (AvgIpc) is 2.37. The molecule has 0 saturated carbocycles. The Bertz CT molecular complexity index is 575. The zero-order valence-electron chi connectivity index (χ0n) is 10.7. The van der Waals surface area contributed by atoms with E-state index in [1.54, 1.807) is 18.2 Å². The zero-order valence-corrected chi connectivity index (χ0v) is 11.5. The van der Waals surface area contributed by atoms with E-state index in [1.807, 2.05) is 13.8 Å². The Labute approximate surface area is 116 Å². The highest BCUT2D eigenvalue weighted by molar-refractivity contribution is 6.30. The predicted molar refractivity (Wildman–Crippen MR) is 71.9 cm³/mol. The molecule has 0 aliphatic carbocycles. The van der Waals surface area contributed by atoms with Gasteiger partial charge in [-0.1, -0.05) is 43.6 Å². The summed E-state index contributed by atoms with van der Waals surface area (Å²) >= 11 is 6.03. The molecule has 0 aliphatic rings. The van der Waals surface area contributed by atoms with E-state index in [2.05, 4.69) is 9.97 Å². The molecule has 0 saturated heterocycles. The van der Waals surface area contributed by atoms with Crippen LogP contribution in [0.15, 0.2) is 30.6 Å². The van der Waals surface area contributed by atoms with Crippen LogP contribution in [0.5, 0.6) is 5.88 Å². The van der Waals surface area contributed by atoms with Gasteiger partial charge >= 0.3 is 0 Å². The lowest BCUT2D eigenvalue weighted by Crippen LogP contribution is -2.04. The third-order valence-electron chi connectivity index (χ3n) is 2.70. The predicted octanol–water partition coefficient (Wildman–Crippen LogP) is 3.97. The van der Waals surface area contributed by atoms with Gasteiger partial charge in [0, 0.05) is 5.56 Å². The van der Waals surface area contributed by atoms with Crippen molar-refractivity contribution in [2.24, 2.45) is 0 Å². The molecule has 0 N–H and O–H groups in total. The van der Waals surface area contributed by atoms with Crippen molar-refractivity contribution in [3.8, 4) is 5.88 Å². The van der Waals surface area contributed by atoms with Gasteiger partial charge in [-0.25, -0.2) is 14.4 Å². The largest absolute Gasteiger partial charge is 0.472 e. The summed E-state index contributed by atoms with van der Waals surface area (Å²) < 4.78 is 19.1. The maximum atomic E-state index is 13.5. The lowest BCUT2D eigenvalue weighted by atomic mass is 10.1. The molecule has 0 atom stereocenters. The van der Waals surface area contributed by atoms with E-state index in [1.165, 1.54) is 12.4 Å². The van der Waals surface area contributed by atoms with E-state index in [0.29, 0.717) is 16.6 Å². The van der Waals surface area contributed by atoms with Crippen LogP contribution in [0.1, 0.15) is 30.9 Å². The van der Waals surface area contributed by atoms with Crippen LogP contribution in [0, 0.1) is 5.82 Å². The van der Waals surface area contributed by atoms with E-state index in [9.17, 15) is 4.39 Å². The van der Waals surface area contributed by atoms with Crippen molar-refractivity contribution < 1.29 is 9.13 Å². The monoisotopic (exact) mass is 280 g/mol. The second-order valence-corrected chi connectivity index (χ2v) is 4.78. The van der Waals surface area contributed by atoms with E-state index in [0.717, 1.165) is 5.56 Å². The number of benzene rings is 1. The van der Waals surface area contributed by atoms with Crippen molar-refractivity contribution in [2.75, 3.05) is 0 Å². The van der Waals surface area contributed by atoms with Crippen LogP contribution in [0.2, 0.25) is 5.15 Å². The topological polar surface area (TPSA) is 35.0 Å². The molecule has 0 amide bonds. The summed E-state index contributed by atoms with van der Waals surface area (Å²) in [6.45, 7) is 4.06. The first kappa shape index (κ1) is 13.7. The highest BCUT2D eigenvalue weighted by atomic mass is 35.5. The summed E-state index contributed by atoms with van der Waals surface area (Å²) in [5.41, 5.74) is 1.22. The van der Waals surface area contributed by atoms with Crippen LogP contribution < -0.4 is 4.74 Å². The van der Waals surface area contributed by atoms with Crippen LogP contribution in [-0.4, -0.2) is 9.97 Å². The molecule has 5 heteroatoms. The fourth-order valence-corrected chi connectivity index (χ4v) is 2.06. The average molecular weight is 281 g/mol. The van der Waals surface area contributed by atoms with Crippen molar-refractivity contribution in [3.63, 3.8) is 0 Å². The molecule has 0 unspecified atom stereocenters. The Morgan fingerprint density at radius 1 is 1.26 bits per heavy atom. The van der Waals surface area contributed by atoms with Crippen molar-refractivity contribution in [3.05, 3.63) is 52.7 Å². The number of aromatic nitrogens is 2. The maximum absolute atomic E-state index is 13.5. The van der Waals surface area contributed by atoms with Crippen molar-refractivity contribution >= 4 is 11.6 Å².